The minimum atomic E-state index is -0.591. The van der Waals surface area contributed by atoms with Crippen LogP contribution in [0.4, 0.5) is 4.39 Å². The van der Waals surface area contributed by atoms with Crippen LogP contribution in [0.15, 0.2) is 48.5 Å². The number of morpholine rings is 1. The van der Waals surface area contributed by atoms with Crippen LogP contribution in [0.1, 0.15) is 17.2 Å². The molecule has 0 spiro atoms. The number of hydrogen-bond donors (Lipinski definition) is 1. The van der Waals surface area contributed by atoms with Crippen molar-refractivity contribution in [1.82, 2.24) is 4.90 Å². The molecule has 2 aromatic rings. The van der Waals surface area contributed by atoms with E-state index in [4.69, 9.17) is 9.47 Å². The molecule has 0 aliphatic carbocycles. The molecule has 2 unspecified atom stereocenters. The van der Waals surface area contributed by atoms with Crippen LogP contribution in [0.25, 0.3) is 0 Å². The van der Waals surface area contributed by atoms with Gasteiger partial charge in [0.15, 0.2) is 0 Å². The van der Waals surface area contributed by atoms with Gasteiger partial charge in [0.05, 0.1) is 12.7 Å². The average molecular weight is 345 g/mol. The minimum absolute atomic E-state index is 0.172. The molecule has 1 N–H and O–H groups in total. The van der Waals surface area contributed by atoms with E-state index in [1.54, 1.807) is 6.07 Å². The fraction of sp³-hybridized carbons (Fsp3) is 0.400. The first-order valence-corrected chi connectivity index (χ1v) is 8.57. The number of aryl methyl sites for hydroxylation is 1. The third kappa shape index (κ3) is 5.26. The molecule has 0 saturated carbocycles. The lowest BCUT2D eigenvalue weighted by Gasteiger charge is -2.34. The molecule has 0 bridgehead atoms. The van der Waals surface area contributed by atoms with Crippen LogP contribution in [0, 0.1) is 12.7 Å². The maximum absolute atomic E-state index is 13.4. The lowest BCUT2D eigenvalue weighted by Crippen LogP contribution is -2.43. The van der Waals surface area contributed by atoms with Gasteiger partial charge in [0.2, 0.25) is 0 Å². The number of benzene rings is 2. The number of nitrogens with zero attached hydrogens (tertiary/aromatic N) is 1. The molecule has 1 saturated heterocycles. The highest BCUT2D eigenvalue weighted by molar-refractivity contribution is 5.27. The lowest BCUT2D eigenvalue weighted by molar-refractivity contribution is -0.0460. The summed E-state index contributed by atoms with van der Waals surface area (Å²) < 4.78 is 24.8. The van der Waals surface area contributed by atoms with E-state index in [2.05, 4.69) is 4.90 Å². The molecule has 0 amide bonds. The van der Waals surface area contributed by atoms with Gasteiger partial charge in [0.1, 0.15) is 24.3 Å². The van der Waals surface area contributed by atoms with Crippen LogP contribution < -0.4 is 4.74 Å². The maximum Gasteiger partial charge on any atom is 0.123 e. The van der Waals surface area contributed by atoms with E-state index in [9.17, 15) is 9.50 Å². The van der Waals surface area contributed by atoms with Gasteiger partial charge in [0.25, 0.3) is 0 Å². The third-order valence-corrected chi connectivity index (χ3v) is 4.27. The summed E-state index contributed by atoms with van der Waals surface area (Å²) in [7, 11) is 0. The molecule has 1 aliphatic rings. The standard InChI is InChI=1S/C20H24FNO3/c1-15-4-2-7-19(10-15)25-14-18(23)12-22-8-9-24-20(13-22)16-5-3-6-17(21)11-16/h2-7,10-11,18,20,23H,8-9,12-14H2,1H3. The van der Waals surface area contributed by atoms with E-state index in [1.165, 1.54) is 12.1 Å². The average Bonchev–Trinajstić information content (AvgIpc) is 2.60. The molecular formula is C20H24FNO3. The van der Waals surface area contributed by atoms with Crippen molar-refractivity contribution in [2.45, 2.75) is 19.1 Å². The summed E-state index contributed by atoms with van der Waals surface area (Å²) in [5, 5.41) is 10.3. The first kappa shape index (κ1) is 17.9. The Labute approximate surface area is 147 Å². The van der Waals surface area contributed by atoms with Gasteiger partial charge in [-0.3, -0.25) is 4.90 Å². The second kappa shape index (κ2) is 8.43. The Morgan fingerprint density at radius 3 is 2.92 bits per heavy atom. The zero-order chi connectivity index (χ0) is 17.6. The Morgan fingerprint density at radius 2 is 2.12 bits per heavy atom. The topological polar surface area (TPSA) is 41.9 Å². The fourth-order valence-electron chi connectivity index (χ4n) is 3.03. The van der Waals surface area contributed by atoms with Gasteiger partial charge in [0, 0.05) is 19.6 Å². The van der Waals surface area contributed by atoms with E-state index in [-0.39, 0.29) is 18.5 Å². The van der Waals surface area contributed by atoms with Crippen molar-refractivity contribution in [1.29, 1.82) is 0 Å². The van der Waals surface area contributed by atoms with Crippen LogP contribution in [-0.4, -0.2) is 49.0 Å². The van der Waals surface area contributed by atoms with Gasteiger partial charge in [-0.1, -0.05) is 24.3 Å². The molecule has 2 aromatic carbocycles. The zero-order valence-corrected chi connectivity index (χ0v) is 14.4. The molecule has 5 heteroatoms. The van der Waals surface area contributed by atoms with E-state index < -0.39 is 6.10 Å². The molecule has 1 heterocycles. The number of β-amino-alcohol motifs (C(OH)–C–C–N with tert-alkyl or cyclic N) is 1. The van der Waals surface area contributed by atoms with Crippen molar-refractivity contribution >= 4 is 0 Å². The Bertz CT molecular complexity index is 694. The number of aliphatic hydroxyl groups excluding tert-OH is 1. The van der Waals surface area contributed by atoms with Crippen molar-refractivity contribution in [3.63, 3.8) is 0 Å². The predicted molar refractivity (Wildman–Crippen MR) is 94.2 cm³/mol. The van der Waals surface area contributed by atoms with Gasteiger partial charge in [-0.2, -0.15) is 0 Å². The Morgan fingerprint density at radius 1 is 1.28 bits per heavy atom. The number of halogens is 1. The molecule has 2 atom stereocenters. The summed E-state index contributed by atoms with van der Waals surface area (Å²) in [6.07, 6.45) is -0.763. The minimum Gasteiger partial charge on any atom is -0.491 e. The molecular weight excluding hydrogens is 321 g/mol. The number of ether oxygens (including phenoxy) is 2. The smallest absolute Gasteiger partial charge is 0.123 e. The van der Waals surface area contributed by atoms with Crippen molar-refractivity contribution in [3.05, 3.63) is 65.5 Å². The molecule has 1 aliphatic heterocycles. The Hall–Kier alpha value is -1.95. The summed E-state index contributed by atoms with van der Waals surface area (Å²) in [5.74, 6) is 0.503. The molecule has 0 aromatic heterocycles. The lowest BCUT2D eigenvalue weighted by atomic mass is 10.1. The number of rotatable bonds is 6. The van der Waals surface area contributed by atoms with E-state index in [0.29, 0.717) is 19.7 Å². The van der Waals surface area contributed by atoms with E-state index in [1.807, 2.05) is 37.3 Å². The molecule has 1 fully saturated rings. The van der Waals surface area contributed by atoms with E-state index in [0.717, 1.165) is 23.4 Å². The molecule has 3 rings (SSSR count). The molecule has 134 valence electrons. The second-order valence-electron chi connectivity index (χ2n) is 6.46. The first-order valence-electron chi connectivity index (χ1n) is 8.57. The highest BCUT2D eigenvalue weighted by Crippen LogP contribution is 2.23. The van der Waals surface area contributed by atoms with Gasteiger partial charge in [-0.25, -0.2) is 4.39 Å². The summed E-state index contributed by atoms with van der Waals surface area (Å²) in [5.41, 5.74) is 1.95. The highest BCUT2D eigenvalue weighted by atomic mass is 19.1. The summed E-state index contributed by atoms with van der Waals surface area (Å²) in [4.78, 5) is 2.13. The van der Waals surface area contributed by atoms with Crippen molar-refractivity contribution < 1.29 is 19.0 Å². The van der Waals surface area contributed by atoms with Crippen LogP contribution >= 0.6 is 0 Å². The number of aliphatic hydroxyl groups is 1. The third-order valence-electron chi connectivity index (χ3n) is 4.27. The normalized spacial score (nSPS) is 19.6. The van der Waals surface area contributed by atoms with Crippen molar-refractivity contribution in [2.24, 2.45) is 0 Å². The Balaban J connectivity index is 1.50. The quantitative estimate of drug-likeness (QED) is 0.874. The van der Waals surface area contributed by atoms with Gasteiger partial charge < -0.3 is 14.6 Å². The van der Waals surface area contributed by atoms with Crippen molar-refractivity contribution in [3.8, 4) is 5.75 Å². The number of hydrogen-bond acceptors (Lipinski definition) is 4. The SMILES string of the molecule is Cc1cccc(OCC(O)CN2CCOC(c3cccc(F)c3)C2)c1. The molecule has 0 radical (unpaired) electrons. The van der Waals surface area contributed by atoms with E-state index >= 15 is 0 Å². The van der Waals surface area contributed by atoms with Gasteiger partial charge in [-0.05, 0) is 42.3 Å². The summed E-state index contributed by atoms with van der Waals surface area (Å²) in [6, 6.07) is 14.3. The van der Waals surface area contributed by atoms with Crippen LogP contribution in [0.2, 0.25) is 0 Å². The highest BCUT2D eigenvalue weighted by Gasteiger charge is 2.24. The predicted octanol–water partition coefficient (Wildman–Crippen LogP) is 2.95. The maximum atomic E-state index is 13.4. The van der Waals surface area contributed by atoms with Crippen molar-refractivity contribution in [2.75, 3.05) is 32.8 Å². The first-order chi connectivity index (χ1) is 12.1. The van der Waals surface area contributed by atoms with Crippen LogP contribution in [-0.2, 0) is 4.74 Å². The largest absolute Gasteiger partial charge is 0.491 e. The second-order valence-corrected chi connectivity index (χ2v) is 6.46. The van der Waals surface area contributed by atoms with Gasteiger partial charge >= 0.3 is 0 Å². The summed E-state index contributed by atoms with van der Waals surface area (Å²) >= 11 is 0. The van der Waals surface area contributed by atoms with Crippen LogP contribution in [0.3, 0.4) is 0 Å². The molecule has 25 heavy (non-hydrogen) atoms. The summed E-state index contributed by atoms with van der Waals surface area (Å²) in [6.45, 7) is 4.68. The molecule has 4 nitrogen and oxygen atoms in total. The Kier molecular flexibility index (Phi) is 6.02. The zero-order valence-electron chi connectivity index (χ0n) is 14.4. The monoisotopic (exact) mass is 345 g/mol. The van der Waals surface area contributed by atoms with Crippen LogP contribution in [0.5, 0.6) is 5.75 Å². The fourth-order valence-corrected chi connectivity index (χ4v) is 3.03. The van der Waals surface area contributed by atoms with Gasteiger partial charge in [-0.15, -0.1) is 0 Å².